The van der Waals surface area contributed by atoms with Crippen molar-refractivity contribution in [3.8, 4) is 11.5 Å². The third kappa shape index (κ3) is 3.88. The Hall–Kier alpha value is -2.76. The van der Waals surface area contributed by atoms with Gasteiger partial charge in [-0.15, -0.1) is 0 Å². The minimum Gasteiger partial charge on any atom is -0.478 e. The minimum atomic E-state index is -1.08. The van der Waals surface area contributed by atoms with Crippen LogP contribution in [0.5, 0.6) is 11.5 Å². The quantitative estimate of drug-likeness (QED) is 0.500. The number of ether oxygens (including phenoxy) is 3. The maximum atomic E-state index is 11.3. The number of benzene rings is 1. The topological polar surface area (TPSA) is 82.1 Å². The molecule has 1 aromatic rings. The van der Waals surface area contributed by atoms with Crippen molar-refractivity contribution in [2.45, 2.75) is 6.61 Å². The van der Waals surface area contributed by atoms with Gasteiger partial charge in [0.15, 0.2) is 11.5 Å². The van der Waals surface area contributed by atoms with Crippen molar-refractivity contribution in [2.75, 3.05) is 6.79 Å². The fraction of sp³-hybridized carbons (Fsp3) is 0.143. The van der Waals surface area contributed by atoms with Gasteiger partial charge in [-0.25, -0.2) is 9.59 Å². The number of carboxylic acids is 1. The number of hydrogen-bond acceptors (Lipinski definition) is 5. The van der Waals surface area contributed by atoms with Gasteiger partial charge in [0.1, 0.15) is 6.61 Å². The van der Waals surface area contributed by atoms with Gasteiger partial charge in [-0.1, -0.05) is 18.2 Å². The molecule has 1 aliphatic rings. The first kappa shape index (κ1) is 13.7. The first-order valence-corrected chi connectivity index (χ1v) is 5.78. The Labute approximate surface area is 114 Å². The van der Waals surface area contributed by atoms with Crippen LogP contribution in [0.2, 0.25) is 0 Å². The number of aliphatic carboxylic acids is 1. The summed E-state index contributed by atoms with van der Waals surface area (Å²) in [4.78, 5) is 21.5. The van der Waals surface area contributed by atoms with Crippen LogP contribution in [0.25, 0.3) is 0 Å². The number of fused-ring (bicyclic) bond motifs is 1. The normalized spacial score (nSPS) is 13.0. The van der Waals surface area contributed by atoms with Crippen LogP contribution in [-0.2, 0) is 20.9 Å². The Bertz CT molecular complexity index is 573. The first-order valence-electron chi connectivity index (χ1n) is 5.78. The summed E-state index contributed by atoms with van der Waals surface area (Å²) >= 11 is 0. The highest BCUT2D eigenvalue weighted by atomic mass is 16.7. The number of rotatable bonds is 5. The minimum absolute atomic E-state index is 0.0997. The molecule has 20 heavy (non-hydrogen) atoms. The van der Waals surface area contributed by atoms with Crippen LogP contribution in [0, 0.1) is 0 Å². The lowest BCUT2D eigenvalue weighted by Crippen LogP contribution is -2.00. The van der Waals surface area contributed by atoms with Gasteiger partial charge in [-0.2, -0.15) is 0 Å². The first-order chi connectivity index (χ1) is 9.65. The molecule has 0 saturated carbocycles. The molecule has 0 bridgehead atoms. The van der Waals surface area contributed by atoms with Crippen LogP contribution < -0.4 is 9.47 Å². The third-order valence-electron chi connectivity index (χ3n) is 2.40. The summed E-state index contributed by atoms with van der Waals surface area (Å²) in [5.74, 6) is -0.349. The van der Waals surface area contributed by atoms with E-state index >= 15 is 0 Å². The molecule has 2 rings (SSSR count). The molecule has 0 unspecified atom stereocenters. The van der Waals surface area contributed by atoms with E-state index < -0.39 is 11.9 Å². The molecule has 0 atom stereocenters. The van der Waals surface area contributed by atoms with Crippen molar-refractivity contribution in [1.82, 2.24) is 0 Å². The van der Waals surface area contributed by atoms with E-state index in [4.69, 9.17) is 19.3 Å². The van der Waals surface area contributed by atoms with Gasteiger partial charge < -0.3 is 19.3 Å². The molecule has 0 radical (unpaired) electrons. The summed E-state index contributed by atoms with van der Waals surface area (Å²) < 4.78 is 15.4. The summed E-state index contributed by atoms with van der Waals surface area (Å²) in [7, 11) is 0. The van der Waals surface area contributed by atoms with Gasteiger partial charge in [0.25, 0.3) is 0 Å². The van der Waals surface area contributed by atoms with E-state index in [-0.39, 0.29) is 13.4 Å². The van der Waals surface area contributed by atoms with Gasteiger partial charge in [0, 0.05) is 12.2 Å². The summed E-state index contributed by atoms with van der Waals surface area (Å²) in [5, 5.41) is 8.35. The largest absolute Gasteiger partial charge is 0.478 e. The van der Waals surface area contributed by atoms with Crippen LogP contribution in [0.4, 0.5) is 0 Å². The molecule has 0 amide bonds. The van der Waals surface area contributed by atoms with E-state index in [2.05, 4.69) is 0 Å². The molecule has 0 fully saturated rings. The molecule has 1 heterocycles. The van der Waals surface area contributed by atoms with Crippen LogP contribution in [-0.4, -0.2) is 23.8 Å². The van der Waals surface area contributed by atoms with E-state index in [9.17, 15) is 9.59 Å². The van der Waals surface area contributed by atoms with Crippen LogP contribution in [0.15, 0.2) is 42.5 Å². The highest BCUT2D eigenvalue weighted by Crippen LogP contribution is 2.32. The smallest absolute Gasteiger partial charge is 0.331 e. The van der Waals surface area contributed by atoms with Gasteiger partial charge >= 0.3 is 11.9 Å². The molecule has 104 valence electrons. The number of esters is 1. The number of allylic oxidation sites excluding steroid dienone is 2. The molecular weight excluding hydrogens is 264 g/mol. The Morgan fingerprint density at radius 3 is 2.75 bits per heavy atom. The third-order valence-corrected chi connectivity index (χ3v) is 2.40. The fourth-order valence-electron chi connectivity index (χ4n) is 1.51. The van der Waals surface area contributed by atoms with E-state index in [1.807, 2.05) is 0 Å². The van der Waals surface area contributed by atoms with Crippen LogP contribution >= 0.6 is 0 Å². The van der Waals surface area contributed by atoms with Gasteiger partial charge in [-0.3, -0.25) is 0 Å². The summed E-state index contributed by atoms with van der Waals surface area (Å²) in [6, 6.07) is 5.26. The maximum absolute atomic E-state index is 11.3. The molecule has 1 aliphatic heterocycles. The summed E-state index contributed by atoms with van der Waals surface area (Å²) in [5.41, 5.74) is 0.775. The number of carboxylic acid groups (broad SMARTS) is 1. The molecule has 0 saturated heterocycles. The molecule has 0 aromatic heterocycles. The zero-order chi connectivity index (χ0) is 14.4. The van der Waals surface area contributed by atoms with Crippen molar-refractivity contribution >= 4 is 11.9 Å². The molecular formula is C14H12O6. The fourth-order valence-corrected chi connectivity index (χ4v) is 1.51. The van der Waals surface area contributed by atoms with Gasteiger partial charge in [-0.05, 0) is 17.7 Å². The number of carbonyl (C=O) groups is 2. The Morgan fingerprint density at radius 2 is 1.95 bits per heavy atom. The van der Waals surface area contributed by atoms with Gasteiger partial charge in [0.2, 0.25) is 6.79 Å². The second-order valence-corrected chi connectivity index (χ2v) is 3.85. The predicted molar refractivity (Wildman–Crippen MR) is 68.3 cm³/mol. The Morgan fingerprint density at radius 1 is 1.20 bits per heavy atom. The van der Waals surface area contributed by atoms with Crippen molar-refractivity contribution < 1.29 is 28.9 Å². The molecule has 6 nitrogen and oxygen atoms in total. The number of hydrogen-bond donors (Lipinski definition) is 1. The van der Waals surface area contributed by atoms with E-state index in [1.165, 1.54) is 12.2 Å². The molecule has 0 aliphatic carbocycles. The second kappa shape index (κ2) is 6.42. The summed E-state index contributed by atoms with van der Waals surface area (Å²) in [6.07, 6.45) is 4.61. The zero-order valence-electron chi connectivity index (χ0n) is 10.4. The Kier molecular flexibility index (Phi) is 4.39. The predicted octanol–water partition coefficient (Wildman–Crippen LogP) is 1.66. The average molecular weight is 276 g/mol. The van der Waals surface area contributed by atoms with Crippen molar-refractivity contribution in [3.63, 3.8) is 0 Å². The molecule has 1 N–H and O–H groups in total. The van der Waals surface area contributed by atoms with E-state index in [0.717, 1.165) is 17.7 Å². The highest BCUT2D eigenvalue weighted by Gasteiger charge is 2.13. The maximum Gasteiger partial charge on any atom is 0.331 e. The molecule has 0 spiro atoms. The standard InChI is InChI=1S/C14H12O6/c15-13(16)3-1-2-4-14(17)18-8-10-5-6-11-12(7-10)20-9-19-11/h1-7H,8-9H2,(H,15,16). The van der Waals surface area contributed by atoms with E-state index in [1.54, 1.807) is 18.2 Å². The molecule has 6 heteroatoms. The van der Waals surface area contributed by atoms with Crippen LogP contribution in [0.1, 0.15) is 5.56 Å². The number of carbonyl (C=O) groups excluding carboxylic acids is 1. The zero-order valence-corrected chi connectivity index (χ0v) is 10.4. The van der Waals surface area contributed by atoms with Crippen molar-refractivity contribution in [2.24, 2.45) is 0 Å². The van der Waals surface area contributed by atoms with Crippen LogP contribution in [0.3, 0.4) is 0 Å². The summed E-state index contributed by atoms with van der Waals surface area (Å²) in [6.45, 7) is 0.291. The second-order valence-electron chi connectivity index (χ2n) is 3.85. The average Bonchev–Trinajstić information content (AvgIpc) is 2.88. The lowest BCUT2D eigenvalue weighted by atomic mass is 10.2. The lowest BCUT2D eigenvalue weighted by Gasteiger charge is -2.03. The highest BCUT2D eigenvalue weighted by molar-refractivity contribution is 5.83. The van der Waals surface area contributed by atoms with E-state index in [0.29, 0.717) is 11.5 Å². The molecule has 1 aromatic carbocycles. The lowest BCUT2D eigenvalue weighted by molar-refractivity contribution is -0.139. The SMILES string of the molecule is O=C(O)C=CC=CC(=O)OCc1ccc2c(c1)OCO2. The van der Waals surface area contributed by atoms with Gasteiger partial charge in [0.05, 0.1) is 0 Å². The monoisotopic (exact) mass is 276 g/mol. The Balaban J connectivity index is 1.83. The van der Waals surface area contributed by atoms with Crippen molar-refractivity contribution in [1.29, 1.82) is 0 Å². The van der Waals surface area contributed by atoms with Crippen molar-refractivity contribution in [3.05, 3.63) is 48.1 Å².